The van der Waals surface area contributed by atoms with Gasteiger partial charge in [0, 0.05) is 18.7 Å². The van der Waals surface area contributed by atoms with Gasteiger partial charge in [-0.3, -0.25) is 4.90 Å². The van der Waals surface area contributed by atoms with Crippen molar-refractivity contribution in [2.24, 2.45) is 0 Å². The number of aromatic hydroxyl groups is 1. The van der Waals surface area contributed by atoms with Gasteiger partial charge in [0.15, 0.2) is 0 Å². The van der Waals surface area contributed by atoms with Crippen molar-refractivity contribution in [3.8, 4) is 5.75 Å². The highest BCUT2D eigenvalue weighted by molar-refractivity contribution is 9.10. The van der Waals surface area contributed by atoms with Crippen LogP contribution in [0.2, 0.25) is 0 Å². The van der Waals surface area contributed by atoms with E-state index in [1.807, 2.05) is 18.2 Å². The Labute approximate surface area is 111 Å². The maximum absolute atomic E-state index is 9.90. The van der Waals surface area contributed by atoms with Crippen molar-refractivity contribution in [2.75, 3.05) is 19.7 Å². The van der Waals surface area contributed by atoms with Crippen molar-refractivity contribution in [3.63, 3.8) is 0 Å². The number of unbranched alkanes of at least 4 members (excludes halogenated alkanes) is 1. The average Bonchev–Trinajstić information content (AvgIpc) is 2.32. The zero-order valence-electron chi connectivity index (χ0n) is 10.2. The number of hydrogen-bond acceptors (Lipinski definition) is 3. The molecule has 0 fully saturated rings. The molecule has 1 aromatic rings. The van der Waals surface area contributed by atoms with Gasteiger partial charge in [-0.15, -0.1) is 0 Å². The standard InChI is InChI=1S/C13H20BrNO2/c1-2-3-7-15(8-9-16)10-11-5-4-6-12(14)13(11)17/h4-6,16-17H,2-3,7-10H2,1H3. The van der Waals surface area contributed by atoms with E-state index in [9.17, 15) is 5.11 Å². The molecule has 3 nitrogen and oxygen atoms in total. The number of rotatable bonds is 7. The van der Waals surface area contributed by atoms with Gasteiger partial charge in [0.1, 0.15) is 5.75 Å². The molecule has 96 valence electrons. The molecule has 0 heterocycles. The summed E-state index contributed by atoms with van der Waals surface area (Å²) in [5, 5.41) is 18.9. The molecule has 1 rings (SSSR count). The molecule has 0 bridgehead atoms. The van der Waals surface area contributed by atoms with Crippen LogP contribution >= 0.6 is 15.9 Å². The minimum absolute atomic E-state index is 0.151. The van der Waals surface area contributed by atoms with Crippen molar-refractivity contribution >= 4 is 15.9 Å². The molecule has 0 radical (unpaired) electrons. The third-order valence-corrected chi connectivity index (χ3v) is 3.35. The van der Waals surface area contributed by atoms with Gasteiger partial charge in [-0.2, -0.15) is 0 Å². The molecule has 0 aromatic heterocycles. The number of halogens is 1. The molecule has 0 unspecified atom stereocenters. The third-order valence-electron chi connectivity index (χ3n) is 2.71. The number of phenolic OH excluding ortho intramolecular Hbond substituents is 1. The number of para-hydroxylation sites is 1. The maximum atomic E-state index is 9.90. The monoisotopic (exact) mass is 301 g/mol. The van der Waals surface area contributed by atoms with E-state index < -0.39 is 0 Å². The minimum atomic E-state index is 0.151. The number of phenols is 1. The Balaban J connectivity index is 2.67. The van der Waals surface area contributed by atoms with Gasteiger partial charge in [-0.25, -0.2) is 0 Å². The van der Waals surface area contributed by atoms with E-state index in [4.69, 9.17) is 5.11 Å². The molecule has 17 heavy (non-hydrogen) atoms. The Hall–Kier alpha value is -0.580. The molecule has 0 spiro atoms. The maximum Gasteiger partial charge on any atom is 0.134 e. The van der Waals surface area contributed by atoms with Gasteiger partial charge in [0.2, 0.25) is 0 Å². The van der Waals surface area contributed by atoms with Crippen LogP contribution in [0.1, 0.15) is 25.3 Å². The predicted octanol–water partition coefficient (Wildman–Crippen LogP) is 2.75. The van der Waals surface area contributed by atoms with Gasteiger partial charge in [0.05, 0.1) is 11.1 Å². The Morgan fingerprint density at radius 1 is 1.29 bits per heavy atom. The highest BCUT2D eigenvalue weighted by Gasteiger charge is 2.09. The first-order chi connectivity index (χ1) is 8.19. The Morgan fingerprint density at radius 2 is 2.06 bits per heavy atom. The molecular formula is C13H20BrNO2. The molecule has 0 amide bonds. The molecule has 0 saturated carbocycles. The molecule has 0 aliphatic rings. The van der Waals surface area contributed by atoms with Gasteiger partial charge < -0.3 is 10.2 Å². The van der Waals surface area contributed by atoms with Crippen LogP contribution in [0.4, 0.5) is 0 Å². The minimum Gasteiger partial charge on any atom is -0.506 e. The van der Waals surface area contributed by atoms with E-state index in [2.05, 4.69) is 27.8 Å². The van der Waals surface area contributed by atoms with Crippen LogP contribution in [0.25, 0.3) is 0 Å². The molecule has 1 aromatic carbocycles. The summed E-state index contributed by atoms with van der Waals surface area (Å²) in [4.78, 5) is 2.16. The summed E-state index contributed by atoms with van der Waals surface area (Å²) in [5.41, 5.74) is 0.893. The summed E-state index contributed by atoms with van der Waals surface area (Å²) in [5.74, 6) is 0.298. The topological polar surface area (TPSA) is 43.7 Å². The van der Waals surface area contributed by atoms with Gasteiger partial charge in [-0.05, 0) is 35.0 Å². The second-order valence-corrected chi connectivity index (χ2v) is 4.96. The summed E-state index contributed by atoms with van der Waals surface area (Å²) in [7, 11) is 0. The first-order valence-corrected chi connectivity index (χ1v) is 6.78. The van der Waals surface area contributed by atoms with E-state index in [1.165, 1.54) is 0 Å². The van der Waals surface area contributed by atoms with Gasteiger partial charge >= 0.3 is 0 Å². The Kier molecular flexibility index (Phi) is 6.55. The first-order valence-electron chi connectivity index (χ1n) is 5.98. The van der Waals surface area contributed by atoms with Crippen molar-refractivity contribution < 1.29 is 10.2 Å². The number of benzene rings is 1. The lowest BCUT2D eigenvalue weighted by Gasteiger charge is -2.21. The Bertz CT molecular complexity index is 344. The fourth-order valence-corrected chi connectivity index (χ4v) is 2.13. The fraction of sp³-hybridized carbons (Fsp3) is 0.538. The number of aliphatic hydroxyl groups excluding tert-OH is 1. The van der Waals surface area contributed by atoms with E-state index >= 15 is 0 Å². The van der Waals surface area contributed by atoms with Crippen LogP contribution in [0.15, 0.2) is 22.7 Å². The van der Waals surface area contributed by atoms with Gasteiger partial charge in [0.25, 0.3) is 0 Å². The van der Waals surface area contributed by atoms with Crippen molar-refractivity contribution in [1.82, 2.24) is 4.90 Å². The van der Waals surface area contributed by atoms with Crippen molar-refractivity contribution in [2.45, 2.75) is 26.3 Å². The zero-order chi connectivity index (χ0) is 12.7. The summed E-state index contributed by atoms with van der Waals surface area (Å²) in [6, 6.07) is 5.65. The Morgan fingerprint density at radius 3 is 2.71 bits per heavy atom. The highest BCUT2D eigenvalue weighted by atomic mass is 79.9. The summed E-state index contributed by atoms with van der Waals surface area (Å²) in [6.07, 6.45) is 2.24. The highest BCUT2D eigenvalue weighted by Crippen LogP contribution is 2.28. The SMILES string of the molecule is CCCCN(CCO)Cc1cccc(Br)c1O. The van der Waals surface area contributed by atoms with Crippen LogP contribution < -0.4 is 0 Å². The molecule has 0 atom stereocenters. The summed E-state index contributed by atoms with van der Waals surface area (Å²) in [6.45, 7) is 4.56. The van der Waals surface area contributed by atoms with E-state index in [0.717, 1.165) is 29.4 Å². The van der Waals surface area contributed by atoms with Crippen LogP contribution in [0.5, 0.6) is 5.75 Å². The first kappa shape index (κ1) is 14.5. The van der Waals surface area contributed by atoms with Crippen LogP contribution in [0.3, 0.4) is 0 Å². The number of nitrogens with zero attached hydrogens (tertiary/aromatic N) is 1. The third kappa shape index (κ3) is 4.66. The molecule has 0 saturated heterocycles. The van der Waals surface area contributed by atoms with E-state index in [0.29, 0.717) is 18.8 Å². The summed E-state index contributed by atoms with van der Waals surface area (Å²) >= 11 is 3.31. The van der Waals surface area contributed by atoms with E-state index in [-0.39, 0.29) is 6.61 Å². The zero-order valence-corrected chi connectivity index (χ0v) is 11.8. The molecule has 4 heteroatoms. The van der Waals surface area contributed by atoms with Crippen LogP contribution in [0, 0.1) is 0 Å². The molecule has 0 aliphatic carbocycles. The quantitative estimate of drug-likeness (QED) is 0.814. The predicted molar refractivity (Wildman–Crippen MR) is 73.1 cm³/mol. The second kappa shape index (κ2) is 7.69. The fourth-order valence-electron chi connectivity index (χ4n) is 1.72. The summed E-state index contributed by atoms with van der Waals surface area (Å²) < 4.78 is 0.717. The van der Waals surface area contributed by atoms with Gasteiger partial charge in [-0.1, -0.05) is 25.5 Å². The lowest BCUT2D eigenvalue weighted by Crippen LogP contribution is -2.27. The smallest absolute Gasteiger partial charge is 0.134 e. The average molecular weight is 302 g/mol. The molecular weight excluding hydrogens is 282 g/mol. The van der Waals surface area contributed by atoms with Crippen molar-refractivity contribution in [1.29, 1.82) is 0 Å². The van der Waals surface area contributed by atoms with Crippen LogP contribution in [-0.2, 0) is 6.54 Å². The second-order valence-electron chi connectivity index (χ2n) is 4.10. The number of hydrogen-bond donors (Lipinski definition) is 2. The van der Waals surface area contributed by atoms with Crippen molar-refractivity contribution in [3.05, 3.63) is 28.2 Å². The lowest BCUT2D eigenvalue weighted by molar-refractivity contribution is 0.187. The lowest BCUT2D eigenvalue weighted by atomic mass is 10.2. The molecule has 0 aliphatic heterocycles. The number of aliphatic hydroxyl groups is 1. The van der Waals surface area contributed by atoms with Crippen LogP contribution in [-0.4, -0.2) is 34.8 Å². The largest absolute Gasteiger partial charge is 0.506 e. The molecule has 2 N–H and O–H groups in total. The normalized spacial score (nSPS) is 11.1. The van der Waals surface area contributed by atoms with E-state index in [1.54, 1.807) is 0 Å².